The molecular weight excluding hydrogens is 348 g/mol. The molecule has 0 spiro atoms. The Bertz CT molecular complexity index is 590. The van der Waals surface area contributed by atoms with Gasteiger partial charge in [0.1, 0.15) is 0 Å². The summed E-state index contributed by atoms with van der Waals surface area (Å²) in [4.78, 5) is 16.1. The van der Waals surface area contributed by atoms with E-state index in [2.05, 4.69) is 36.8 Å². The van der Waals surface area contributed by atoms with Crippen LogP contribution in [0.15, 0.2) is 44.3 Å². The van der Waals surface area contributed by atoms with Crippen LogP contribution in [0.1, 0.15) is 11.3 Å². The zero-order valence-corrected chi connectivity index (χ0v) is 12.3. The first kappa shape index (κ1) is 12.5. The number of halogens is 2. The third-order valence-corrected chi connectivity index (χ3v) is 3.26. The first-order chi connectivity index (χ1) is 8.06. The quantitative estimate of drug-likeness (QED) is 0.827. The molecule has 0 saturated heterocycles. The normalized spacial score (nSPS) is 10.5. The van der Waals surface area contributed by atoms with Crippen LogP contribution in [0.25, 0.3) is 0 Å². The molecule has 0 radical (unpaired) electrons. The molecule has 0 aromatic carbocycles. The summed E-state index contributed by atoms with van der Waals surface area (Å²) in [6.07, 6.45) is 3.50. The van der Waals surface area contributed by atoms with Gasteiger partial charge >= 0.3 is 0 Å². The fourth-order valence-electron chi connectivity index (χ4n) is 1.53. The molecular formula is C12H10Br2N2O. The molecule has 2 rings (SSSR count). The second-order valence-electron chi connectivity index (χ2n) is 3.74. The van der Waals surface area contributed by atoms with Crippen molar-refractivity contribution >= 4 is 31.9 Å². The molecule has 5 heteroatoms. The van der Waals surface area contributed by atoms with Crippen LogP contribution in [0.2, 0.25) is 0 Å². The van der Waals surface area contributed by atoms with Crippen molar-refractivity contribution in [3.05, 3.63) is 61.1 Å². The first-order valence-corrected chi connectivity index (χ1v) is 6.62. The van der Waals surface area contributed by atoms with Gasteiger partial charge in [0.2, 0.25) is 0 Å². The highest BCUT2D eigenvalue weighted by Crippen LogP contribution is 2.11. The summed E-state index contributed by atoms with van der Waals surface area (Å²) in [6.45, 7) is 2.28. The van der Waals surface area contributed by atoms with E-state index in [1.54, 1.807) is 23.9 Å². The van der Waals surface area contributed by atoms with E-state index in [0.717, 1.165) is 20.2 Å². The van der Waals surface area contributed by atoms with Crippen LogP contribution in [0.5, 0.6) is 0 Å². The van der Waals surface area contributed by atoms with Crippen molar-refractivity contribution in [3.63, 3.8) is 0 Å². The van der Waals surface area contributed by atoms with Gasteiger partial charge in [0.05, 0.1) is 12.2 Å². The second-order valence-corrected chi connectivity index (χ2v) is 5.57. The van der Waals surface area contributed by atoms with Crippen molar-refractivity contribution in [2.24, 2.45) is 0 Å². The van der Waals surface area contributed by atoms with Crippen LogP contribution in [0, 0.1) is 6.92 Å². The summed E-state index contributed by atoms with van der Waals surface area (Å²) < 4.78 is 3.47. The van der Waals surface area contributed by atoms with E-state index < -0.39 is 0 Å². The Morgan fingerprint density at radius 1 is 1.29 bits per heavy atom. The van der Waals surface area contributed by atoms with Gasteiger partial charge in [0, 0.05) is 26.9 Å². The molecule has 0 atom stereocenters. The minimum Gasteiger partial charge on any atom is -0.308 e. The maximum Gasteiger partial charge on any atom is 0.253 e. The van der Waals surface area contributed by atoms with E-state index in [-0.39, 0.29) is 5.56 Å². The molecule has 0 unspecified atom stereocenters. The molecule has 0 aliphatic heterocycles. The lowest BCUT2D eigenvalue weighted by atomic mass is 10.3. The zero-order valence-electron chi connectivity index (χ0n) is 9.15. The third-order valence-electron chi connectivity index (χ3n) is 2.35. The van der Waals surface area contributed by atoms with Gasteiger partial charge in [-0.2, -0.15) is 0 Å². The van der Waals surface area contributed by atoms with Gasteiger partial charge in [-0.3, -0.25) is 9.78 Å². The number of pyridine rings is 2. The summed E-state index contributed by atoms with van der Waals surface area (Å²) in [7, 11) is 0. The van der Waals surface area contributed by atoms with E-state index in [4.69, 9.17) is 0 Å². The Morgan fingerprint density at radius 2 is 2.06 bits per heavy atom. The monoisotopic (exact) mass is 356 g/mol. The Balaban J connectivity index is 2.36. The zero-order chi connectivity index (χ0) is 12.4. The van der Waals surface area contributed by atoms with Crippen LogP contribution in [0.4, 0.5) is 0 Å². The van der Waals surface area contributed by atoms with Gasteiger partial charge in [-0.25, -0.2) is 0 Å². The molecule has 2 aromatic rings. The van der Waals surface area contributed by atoms with Gasteiger partial charge < -0.3 is 4.57 Å². The number of aromatic nitrogens is 2. The molecule has 2 aromatic heterocycles. The van der Waals surface area contributed by atoms with E-state index >= 15 is 0 Å². The van der Waals surface area contributed by atoms with Crippen molar-refractivity contribution in [3.8, 4) is 0 Å². The summed E-state index contributed by atoms with van der Waals surface area (Å²) >= 11 is 6.71. The molecule has 0 aliphatic carbocycles. The van der Waals surface area contributed by atoms with Gasteiger partial charge in [0.15, 0.2) is 0 Å². The first-order valence-electron chi connectivity index (χ1n) is 5.03. The molecule has 2 heterocycles. The van der Waals surface area contributed by atoms with Crippen LogP contribution >= 0.6 is 31.9 Å². The fraction of sp³-hybridized carbons (Fsp3) is 0.167. The second kappa shape index (κ2) is 5.14. The van der Waals surface area contributed by atoms with Gasteiger partial charge in [-0.15, -0.1) is 0 Å². The number of aryl methyl sites for hydroxylation is 1. The molecule has 0 aliphatic rings. The number of hydrogen-bond acceptors (Lipinski definition) is 2. The Hall–Kier alpha value is -0.940. The van der Waals surface area contributed by atoms with Gasteiger partial charge in [-0.05, 0) is 57.0 Å². The third kappa shape index (κ3) is 3.04. The highest BCUT2D eigenvalue weighted by molar-refractivity contribution is 9.10. The van der Waals surface area contributed by atoms with E-state index in [0.29, 0.717) is 6.54 Å². The summed E-state index contributed by atoms with van der Waals surface area (Å²) in [5.41, 5.74) is 1.59. The molecule has 0 saturated carbocycles. The largest absolute Gasteiger partial charge is 0.308 e. The standard InChI is InChI=1S/C12H10Br2N2O/c1-8-4-10(14)6-16(12(8)17)7-11-3-2-9(13)5-15-11/h2-6H,7H2,1H3. The van der Waals surface area contributed by atoms with E-state index in [1.165, 1.54) is 0 Å². The Kier molecular flexibility index (Phi) is 3.79. The van der Waals surface area contributed by atoms with Gasteiger partial charge in [-0.1, -0.05) is 0 Å². The Morgan fingerprint density at radius 3 is 2.71 bits per heavy atom. The minimum absolute atomic E-state index is 0.0120. The topological polar surface area (TPSA) is 34.9 Å². The SMILES string of the molecule is Cc1cc(Br)cn(Cc2ccc(Br)cn2)c1=O. The lowest BCUT2D eigenvalue weighted by molar-refractivity contribution is 0.730. The molecule has 0 N–H and O–H groups in total. The number of hydrogen-bond donors (Lipinski definition) is 0. The van der Waals surface area contributed by atoms with Crippen molar-refractivity contribution in [2.75, 3.05) is 0 Å². The average Bonchev–Trinajstić information content (AvgIpc) is 2.28. The molecule has 0 bridgehead atoms. The molecule has 0 amide bonds. The predicted octanol–water partition coefficient (Wildman–Crippen LogP) is 3.13. The number of rotatable bonds is 2. The van der Waals surface area contributed by atoms with Crippen molar-refractivity contribution < 1.29 is 0 Å². The summed E-state index contributed by atoms with van der Waals surface area (Å²) in [5.74, 6) is 0. The lowest BCUT2D eigenvalue weighted by Crippen LogP contribution is -2.22. The summed E-state index contributed by atoms with van der Waals surface area (Å²) in [6, 6.07) is 5.62. The molecule has 0 fully saturated rings. The highest BCUT2D eigenvalue weighted by Gasteiger charge is 2.03. The van der Waals surface area contributed by atoms with E-state index in [1.807, 2.05) is 18.2 Å². The molecule has 17 heavy (non-hydrogen) atoms. The van der Waals surface area contributed by atoms with Crippen LogP contribution < -0.4 is 5.56 Å². The molecule has 3 nitrogen and oxygen atoms in total. The predicted molar refractivity (Wildman–Crippen MR) is 74.2 cm³/mol. The van der Waals surface area contributed by atoms with Crippen LogP contribution in [-0.2, 0) is 6.54 Å². The average molecular weight is 358 g/mol. The maximum absolute atomic E-state index is 11.9. The van der Waals surface area contributed by atoms with Crippen molar-refractivity contribution in [1.29, 1.82) is 0 Å². The fourth-order valence-corrected chi connectivity index (χ4v) is 2.36. The molecule has 88 valence electrons. The van der Waals surface area contributed by atoms with Crippen LogP contribution in [-0.4, -0.2) is 9.55 Å². The van der Waals surface area contributed by atoms with E-state index in [9.17, 15) is 4.79 Å². The van der Waals surface area contributed by atoms with Crippen molar-refractivity contribution in [1.82, 2.24) is 9.55 Å². The van der Waals surface area contributed by atoms with Gasteiger partial charge in [0.25, 0.3) is 5.56 Å². The minimum atomic E-state index is 0.0120. The Labute approximate surface area is 116 Å². The van der Waals surface area contributed by atoms with Crippen LogP contribution in [0.3, 0.4) is 0 Å². The maximum atomic E-state index is 11.9. The lowest BCUT2D eigenvalue weighted by Gasteiger charge is -2.07. The highest BCUT2D eigenvalue weighted by atomic mass is 79.9. The smallest absolute Gasteiger partial charge is 0.253 e. The van der Waals surface area contributed by atoms with Crippen molar-refractivity contribution in [2.45, 2.75) is 13.5 Å². The number of nitrogens with zero attached hydrogens (tertiary/aromatic N) is 2. The summed E-state index contributed by atoms with van der Waals surface area (Å²) in [5, 5.41) is 0.